The summed E-state index contributed by atoms with van der Waals surface area (Å²) < 4.78 is 18.9. The SMILES string of the molecule is COCCNC(=O)[C@H](NC(=O)CC(C)C)C1CCN(C(=O)c2ccccc2F)CC1. The molecule has 0 aromatic heterocycles. The second-order valence-electron chi connectivity index (χ2n) is 8.04. The molecular formula is C22H32FN3O4. The van der Waals surface area contributed by atoms with Gasteiger partial charge in [0, 0.05) is 33.2 Å². The number of hydrogen-bond donors (Lipinski definition) is 2. The molecule has 0 spiro atoms. The van der Waals surface area contributed by atoms with Gasteiger partial charge in [0.05, 0.1) is 12.2 Å². The molecule has 1 aliphatic heterocycles. The third kappa shape index (κ3) is 6.79. The summed E-state index contributed by atoms with van der Waals surface area (Å²) in [4.78, 5) is 39.3. The molecule has 1 aromatic rings. The Kier molecular flexibility index (Phi) is 9.23. The Morgan fingerprint density at radius 2 is 1.87 bits per heavy atom. The van der Waals surface area contributed by atoms with Crippen molar-refractivity contribution < 1.29 is 23.5 Å². The Balaban J connectivity index is 2.01. The average Bonchev–Trinajstić information content (AvgIpc) is 2.71. The number of rotatable bonds is 9. The van der Waals surface area contributed by atoms with Gasteiger partial charge in [-0.1, -0.05) is 26.0 Å². The Labute approximate surface area is 177 Å². The lowest BCUT2D eigenvalue weighted by Crippen LogP contribution is -2.54. The van der Waals surface area contributed by atoms with E-state index in [1.54, 1.807) is 24.1 Å². The molecule has 1 heterocycles. The lowest BCUT2D eigenvalue weighted by molar-refractivity contribution is -0.131. The first kappa shape index (κ1) is 23.8. The van der Waals surface area contributed by atoms with E-state index in [4.69, 9.17) is 4.74 Å². The lowest BCUT2D eigenvalue weighted by Gasteiger charge is -2.36. The van der Waals surface area contributed by atoms with Gasteiger partial charge in [-0.3, -0.25) is 14.4 Å². The molecule has 1 aliphatic rings. The van der Waals surface area contributed by atoms with Crippen LogP contribution in [0.2, 0.25) is 0 Å². The Morgan fingerprint density at radius 1 is 1.20 bits per heavy atom. The maximum Gasteiger partial charge on any atom is 0.256 e. The summed E-state index contributed by atoms with van der Waals surface area (Å²) in [6.45, 7) is 5.43. The first-order valence-electron chi connectivity index (χ1n) is 10.4. The van der Waals surface area contributed by atoms with E-state index in [0.717, 1.165) is 0 Å². The largest absolute Gasteiger partial charge is 0.383 e. The van der Waals surface area contributed by atoms with Crippen LogP contribution >= 0.6 is 0 Å². The number of nitrogens with zero attached hydrogens (tertiary/aromatic N) is 1. The van der Waals surface area contributed by atoms with E-state index in [9.17, 15) is 18.8 Å². The summed E-state index contributed by atoms with van der Waals surface area (Å²) in [5.41, 5.74) is 0.0510. The maximum absolute atomic E-state index is 13.9. The van der Waals surface area contributed by atoms with Crippen LogP contribution < -0.4 is 10.6 Å². The summed E-state index contributed by atoms with van der Waals surface area (Å²) in [6.07, 6.45) is 1.43. The third-order valence-corrected chi connectivity index (χ3v) is 5.20. The van der Waals surface area contributed by atoms with Gasteiger partial charge in [0.1, 0.15) is 11.9 Å². The molecule has 2 rings (SSSR count). The second kappa shape index (κ2) is 11.6. The molecule has 1 saturated heterocycles. The van der Waals surface area contributed by atoms with Crippen LogP contribution in [0, 0.1) is 17.7 Å². The Morgan fingerprint density at radius 3 is 2.47 bits per heavy atom. The molecular weight excluding hydrogens is 389 g/mol. The van der Waals surface area contributed by atoms with Crippen LogP contribution in [-0.4, -0.2) is 62.0 Å². The van der Waals surface area contributed by atoms with Crippen LogP contribution in [0.3, 0.4) is 0 Å². The lowest BCUT2D eigenvalue weighted by atomic mass is 9.88. The van der Waals surface area contributed by atoms with Crippen LogP contribution in [0.25, 0.3) is 0 Å². The van der Waals surface area contributed by atoms with E-state index >= 15 is 0 Å². The molecule has 1 atom stereocenters. The molecule has 8 heteroatoms. The molecule has 2 N–H and O–H groups in total. The van der Waals surface area contributed by atoms with Gasteiger partial charge in [-0.2, -0.15) is 0 Å². The Hall–Kier alpha value is -2.48. The predicted octanol–water partition coefficient (Wildman–Crippen LogP) is 1.97. The number of piperidine rings is 1. The van der Waals surface area contributed by atoms with E-state index in [2.05, 4.69) is 10.6 Å². The fraction of sp³-hybridized carbons (Fsp3) is 0.591. The smallest absolute Gasteiger partial charge is 0.256 e. The molecule has 0 radical (unpaired) electrons. The third-order valence-electron chi connectivity index (χ3n) is 5.20. The molecule has 0 unspecified atom stereocenters. The highest BCUT2D eigenvalue weighted by atomic mass is 19.1. The molecule has 1 aromatic carbocycles. The predicted molar refractivity (Wildman–Crippen MR) is 111 cm³/mol. The van der Waals surface area contributed by atoms with Crippen molar-refractivity contribution in [3.05, 3.63) is 35.6 Å². The van der Waals surface area contributed by atoms with Crippen LogP contribution in [0.4, 0.5) is 4.39 Å². The fourth-order valence-corrected chi connectivity index (χ4v) is 3.63. The quantitative estimate of drug-likeness (QED) is 0.597. The number of halogens is 1. The molecule has 1 fully saturated rings. The van der Waals surface area contributed by atoms with Crippen molar-refractivity contribution in [3.8, 4) is 0 Å². The molecule has 30 heavy (non-hydrogen) atoms. The summed E-state index contributed by atoms with van der Waals surface area (Å²) in [5.74, 6) is -1.22. The van der Waals surface area contributed by atoms with Gasteiger partial charge >= 0.3 is 0 Å². The number of likely N-dealkylation sites (tertiary alicyclic amines) is 1. The van der Waals surface area contributed by atoms with Crippen molar-refractivity contribution in [2.24, 2.45) is 11.8 Å². The van der Waals surface area contributed by atoms with Gasteiger partial charge < -0.3 is 20.3 Å². The van der Waals surface area contributed by atoms with Crippen molar-refractivity contribution in [2.45, 2.75) is 39.2 Å². The monoisotopic (exact) mass is 421 g/mol. The van der Waals surface area contributed by atoms with E-state index in [1.807, 2.05) is 13.8 Å². The summed E-state index contributed by atoms with van der Waals surface area (Å²) in [6, 6.07) is 5.25. The number of methoxy groups -OCH3 is 1. The van der Waals surface area contributed by atoms with Crippen LogP contribution in [0.5, 0.6) is 0 Å². The topological polar surface area (TPSA) is 87.7 Å². The highest BCUT2D eigenvalue weighted by Gasteiger charge is 2.34. The number of carbonyl (C=O) groups is 3. The van der Waals surface area contributed by atoms with Gasteiger partial charge in [0.25, 0.3) is 5.91 Å². The van der Waals surface area contributed by atoms with E-state index in [-0.39, 0.29) is 35.1 Å². The second-order valence-corrected chi connectivity index (χ2v) is 8.04. The van der Waals surface area contributed by atoms with Gasteiger partial charge in [-0.15, -0.1) is 0 Å². The van der Waals surface area contributed by atoms with Crippen molar-refractivity contribution in [1.29, 1.82) is 0 Å². The number of amides is 3. The minimum absolute atomic E-state index is 0.0510. The van der Waals surface area contributed by atoms with Crippen LogP contribution in [0.15, 0.2) is 24.3 Å². The summed E-state index contributed by atoms with van der Waals surface area (Å²) in [5, 5.41) is 5.67. The number of carbonyl (C=O) groups excluding carboxylic acids is 3. The number of benzene rings is 1. The highest BCUT2D eigenvalue weighted by Crippen LogP contribution is 2.23. The van der Waals surface area contributed by atoms with Gasteiger partial charge in [-0.05, 0) is 36.8 Å². The average molecular weight is 422 g/mol. The van der Waals surface area contributed by atoms with Gasteiger partial charge in [0.2, 0.25) is 11.8 Å². The maximum atomic E-state index is 13.9. The van der Waals surface area contributed by atoms with E-state index in [1.165, 1.54) is 12.1 Å². The molecule has 7 nitrogen and oxygen atoms in total. The Bertz CT molecular complexity index is 733. The standard InChI is InChI=1S/C22H32FN3O4/c1-15(2)14-19(27)25-20(21(28)24-10-13-30-3)16-8-11-26(12-9-16)22(29)17-6-4-5-7-18(17)23/h4-7,15-16,20H,8-14H2,1-3H3,(H,24,28)(H,25,27)/t20-/m1/s1. The van der Waals surface area contributed by atoms with E-state index in [0.29, 0.717) is 45.5 Å². The first-order valence-corrected chi connectivity index (χ1v) is 10.4. The first-order chi connectivity index (χ1) is 14.3. The minimum atomic E-state index is -0.668. The normalized spacial score (nSPS) is 15.7. The van der Waals surface area contributed by atoms with Gasteiger partial charge in [0.15, 0.2) is 0 Å². The van der Waals surface area contributed by atoms with E-state index < -0.39 is 11.9 Å². The molecule has 0 bridgehead atoms. The van der Waals surface area contributed by atoms with Crippen molar-refractivity contribution in [1.82, 2.24) is 15.5 Å². The molecule has 3 amide bonds. The zero-order valence-electron chi connectivity index (χ0n) is 17.9. The van der Waals surface area contributed by atoms with Crippen molar-refractivity contribution in [2.75, 3.05) is 33.4 Å². The van der Waals surface area contributed by atoms with Gasteiger partial charge in [-0.25, -0.2) is 4.39 Å². The molecule has 0 aliphatic carbocycles. The number of hydrogen-bond acceptors (Lipinski definition) is 4. The molecule has 0 saturated carbocycles. The fourth-order valence-electron chi connectivity index (χ4n) is 3.63. The highest BCUT2D eigenvalue weighted by molar-refractivity contribution is 5.94. The summed E-state index contributed by atoms with van der Waals surface area (Å²) >= 11 is 0. The number of ether oxygens (including phenoxy) is 1. The van der Waals surface area contributed by atoms with Crippen molar-refractivity contribution in [3.63, 3.8) is 0 Å². The van der Waals surface area contributed by atoms with Crippen LogP contribution in [-0.2, 0) is 14.3 Å². The minimum Gasteiger partial charge on any atom is -0.383 e. The number of nitrogens with one attached hydrogen (secondary N) is 2. The zero-order chi connectivity index (χ0) is 22.1. The summed E-state index contributed by atoms with van der Waals surface area (Å²) in [7, 11) is 1.55. The molecule has 166 valence electrons. The van der Waals surface area contributed by atoms with Crippen LogP contribution in [0.1, 0.15) is 43.5 Å². The van der Waals surface area contributed by atoms with Crippen molar-refractivity contribution >= 4 is 17.7 Å². The zero-order valence-corrected chi connectivity index (χ0v) is 17.9.